The molecular weight excluding hydrogens is 446 g/mol. The highest BCUT2D eigenvalue weighted by Crippen LogP contribution is 2.56. The second kappa shape index (κ2) is 8.54. The smallest absolute Gasteiger partial charge is 0.115 e. The molecule has 2 aromatic carbocycles. The van der Waals surface area contributed by atoms with Crippen molar-refractivity contribution < 1.29 is 10.2 Å². The van der Waals surface area contributed by atoms with E-state index in [0.717, 1.165) is 82.0 Å². The monoisotopic (exact) mass is 483 g/mol. The molecule has 0 radical (unpaired) electrons. The highest BCUT2D eigenvalue weighted by molar-refractivity contribution is 5.78. The van der Waals surface area contributed by atoms with Gasteiger partial charge in [0.15, 0.2) is 0 Å². The summed E-state index contributed by atoms with van der Waals surface area (Å²) in [6.07, 6.45) is 7.20. The number of pyridine rings is 1. The van der Waals surface area contributed by atoms with Crippen molar-refractivity contribution in [1.82, 2.24) is 14.8 Å². The Morgan fingerprint density at radius 1 is 0.944 bits per heavy atom. The minimum absolute atomic E-state index is 0.172. The number of fused-ring (bicyclic) bond motifs is 2. The first-order valence-corrected chi connectivity index (χ1v) is 13.9. The maximum atomic E-state index is 12.6. The van der Waals surface area contributed by atoms with E-state index >= 15 is 0 Å². The van der Waals surface area contributed by atoms with Gasteiger partial charge >= 0.3 is 0 Å². The molecule has 3 unspecified atom stereocenters. The molecule has 0 spiro atoms. The number of aliphatic hydroxyl groups is 1. The summed E-state index contributed by atoms with van der Waals surface area (Å²) in [6.45, 7) is 5.03. The average molecular weight is 484 g/mol. The number of aromatic nitrogens is 1. The first-order chi connectivity index (χ1) is 17.5. The van der Waals surface area contributed by atoms with Crippen molar-refractivity contribution in [3.8, 4) is 5.75 Å². The average Bonchev–Trinajstić information content (AvgIpc) is 3.72. The number of phenolic OH excluding ortho intramolecular Hbond substituents is 1. The fourth-order valence-corrected chi connectivity index (χ4v) is 7.66. The number of benzene rings is 2. The van der Waals surface area contributed by atoms with E-state index in [1.165, 1.54) is 29.4 Å². The molecule has 3 aromatic rings. The quantitative estimate of drug-likeness (QED) is 0.567. The summed E-state index contributed by atoms with van der Waals surface area (Å²) in [5.74, 6) is 1.15. The second-order valence-electron chi connectivity index (χ2n) is 11.8. The van der Waals surface area contributed by atoms with E-state index in [4.69, 9.17) is 4.98 Å². The third kappa shape index (κ3) is 3.67. The molecule has 3 heterocycles. The first kappa shape index (κ1) is 22.7. The van der Waals surface area contributed by atoms with E-state index in [-0.39, 0.29) is 11.5 Å². The Labute approximate surface area is 213 Å². The number of hydrogen-bond donors (Lipinski definition) is 2. The summed E-state index contributed by atoms with van der Waals surface area (Å²) in [6, 6.07) is 18.8. The molecule has 7 rings (SSSR count). The van der Waals surface area contributed by atoms with Gasteiger partial charge in [0, 0.05) is 48.6 Å². The van der Waals surface area contributed by atoms with Gasteiger partial charge in [-0.25, -0.2) is 0 Å². The lowest BCUT2D eigenvalue weighted by Gasteiger charge is -2.61. The lowest BCUT2D eigenvalue weighted by Crippen LogP contribution is -2.71. The molecule has 2 N–H and O–H groups in total. The van der Waals surface area contributed by atoms with Crippen molar-refractivity contribution in [3.63, 3.8) is 0 Å². The van der Waals surface area contributed by atoms with Crippen molar-refractivity contribution in [2.24, 2.45) is 5.92 Å². The molecule has 5 nitrogen and oxygen atoms in total. The largest absolute Gasteiger partial charge is 0.508 e. The Morgan fingerprint density at radius 2 is 1.78 bits per heavy atom. The minimum Gasteiger partial charge on any atom is -0.508 e. The van der Waals surface area contributed by atoms with Crippen molar-refractivity contribution in [1.29, 1.82) is 0 Å². The van der Waals surface area contributed by atoms with Gasteiger partial charge in [-0.3, -0.25) is 9.88 Å². The number of nitrogens with zero attached hydrogens (tertiary/aromatic N) is 3. The molecular formula is C31H37N3O2. The van der Waals surface area contributed by atoms with E-state index in [1.807, 2.05) is 12.1 Å². The predicted molar refractivity (Wildman–Crippen MR) is 142 cm³/mol. The van der Waals surface area contributed by atoms with Crippen LogP contribution >= 0.6 is 0 Å². The van der Waals surface area contributed by atoms with Crippen LogP contribution in [0.3, 0.4) is 0 Å². The van der Waals surface area contributed by atoms with Crippen LogP contribution in [-0.4, -0.2) is 69.4 Å². The van der Waals surface area contributed by atoms with Crippen LogP contribution in [0.15, 0.2) is 54.6 Å². The molecule has 3 fully saturated rings. The predicted octanol–water partition coefficient (Wildman–Crippen LogP) is 4.29. The molecule has 3 atom stereocenters. The van der Waals surface area contributed by atoms with E-state index in [9.17, 15) is 10.2 Å². The Kier molecular flexibility index (Phi) is 5.39. The van der Waals surface area contributed by atoms with Gasteiger partial charge in [0.05, 0.1) is 11.1 Å². The van der Waals surface area contributed by atoms with Crippen LogP contribution in [0.1, 0.15) is 48.9 Å². The zero-order chi connectivity index (χ0) is 24.3. The summed E-state index contributed by atoms with van der Waals surface area (Å²) in [5, 5.41) is 24.3. The Hall–Kier alpha value is -2.47. The van der Waals surface area contributed by atoms with E-state index in [1.54, 1.807) is 0 Å². The van der Waals surface area contributed by atoms with Crippen LogP contribution < -0.4 is 0 Å². The van der Waals surface area contributed by atoms with Crippen molar-refractivity contribution in [3.05, 3.63) is 71.4 Å². The number of phenols is 1. The summed E-state index contributed by atoms with van der Waals surface area (Å²) >= 11 is 0. The van der Waals surface area contributed by atoms with Crippen LogP contribution in [-0.2, 0) is 18.3 Å². The van der Waals surface area contributed by atoms with Gasteiger partial charge in [-0.1, -0.05) is 30.3 Å². The Morgan fingerprint density at radius 3 is 2.67 bits per heavy atom. The molecule has 2 aliphatic carbocycles. The van der Waals surface area contributed by atoms with Crippen molar-refractivity contribution in [2.75, 3.05) is 32.7 Å². The number of piperidine rings is 1. The fraction of sp³-hybridized carbons (Fsp3) is 0.516. The maximum Gasteiger partial charge on any atom is 0.115 e. The highest BCUT2D eigenvalue weighted by atomic mass is 16.3. The van der Waals surface area contributed by atoms with Gasteiger partial charge in [0.1, 0.15) is 5.75 Å². The molecule has 4 aliphatic rings. The SMILES string of the molecule is Oc1ccc2c(c1)C13CCN(CCc4ccc5ccccc5n4)CCC1(O)C(C2)N(CC1CC1)CC3. The lowest BCUT2D eigenvalue weighted by atomic mass is 9.52. The second-order valence-corrected chi connectivity index (χ2v) is 11.8. The van der Waals surface area contributed by atoms with Crippen LogP contribution in [0.2, 0.25) is 0 Å². The molecule has 188 valence electrons. The zero-order valence-electron chi connectivity index (χ0n) is 21.1. The number of aromatic hydroxyl groups is 1. The van der Waals surface area contributed by atoms with Gasteiger partial charge < -0.3 is 15.1 Å². The number of rotatable bonds is 5. The molecule has 2 aliphatic heterocycles. The molecule has 2 saturated heterocycles. The zero-order valence-corrected chi connectivity index (χ0v) is 21.1. The van der Waals surface area contributed by atoms with Crippen LogP contribution in [0.4, 0.5) is 0 Å². The van der Waals surface area contributed by atoms with Gasteiger partial charge in [-0.2, -0.15) is 0 Å². The van der Waals surface area contributed by atoms with E-state index in [2.05, 4.69) is 52.3 Å². The van der Waals surface area contributed by atoms with E-state index < -0.39 is 5.60 Å². The molecule has 36 heavy (non-hydrogen) atoms. The molecule has 1 saturated carbocycles. The summed E-state index contributed by atoms with van der Waals surface area (Å²) in [5.41, 5.74) is 3.71. The highest BCUT2D eigenvalue weighted by Gasteiger charge is 2.63. The van der Waals surface area contributed by atoms with Gasteiger partial charge in [0.2, 0.25) is 0 Å². The van der Waals surface area contributed by atoms with Crippen LogP contribution in [0.5, 0.6) is 5.75 Å². The van der Waals surface area contributed by atoms with Gasteiger partial charge in [0.25, 0.3) is 0 Å². The fourth-order valence-electron chi connectivity index (χ4n) is 7.66. The van der Waals surface area contributed by atoms with Gasteiger partial charge in [-0.15, -0.1) is 0 Å². The molecule has 2 bridgehead atoms. The lowest BCUT2D eigenvalue weighted by molar-refractivity contribution is -0.149. The standard InChI is InChI=1S/C31H37N3O2/c35-26-10-8-24-19-29-31(36)14-17-33(15-11-25-9-7-23-3-1-2-4-28(23)32-25)16-12-30(31,27(24)20-26)13-18-34(29)21-22-5-6-22/h1-4,7-10,20,22,29,35-36H,5-6,11-19,21H2. The maximum absolute atomic E-state index is 12.6. The van der Waals surface area contributed by atoms with Crippen molar-refractivity contribution >= 4 is 10.9 Å². The molecule has 1 aromatic heterocycles. The third-order valence-corrected chi connectivity index (χ3v) is 9.86. The first-order valence-electron chi connectivity index (χ1n) is 13.9. The summed E-state index contributed by atoms with van der Waals surface area (Å²) in [4.78, 5) is 10.1. The van der Waals surface area contributed by atoms with Crippen molar-refractivity contribution in [2.45, 2.75) is 62.0 Å². The number of likely N-dealkylation sites (tertiary alicyclic amines) is 2. The normalized spacial score (nSPS) is 30.5. The van der Waals surface area contributed by atoms with E-state index in [0.29, 0.717) is 5.75 Å². The summed E-state index contributed by atoms with van der Waals surface area (Å²) in [7, 11) is 0. The summed E-state index contributed by atoms with van der Waals surface area (Å²) < 4.78 is 0. The van der Waals surface area contributed by atoms with Crippen LogP contribution in [0.25, 0.3) is 10.9 Å². The molecule has 5 heteroatoms. The van der Waals surface area contributed by atoms with Crippen LogP contribution in [0, 0.1) is 5.92 Å². The Balaban J connectivity index is 1.16. The minimum atomic E-state index is -0.753. The number of para-hydroxylation sites is 1. The third-order valence-electron chi connectivity index (χ3n) is 9.86. The number of hydrogen-bond acceptors (Lipinski definition) is 5. The topological polar surface area (TPSA) is 59.8 Å². The Bertz CT molecular complexity index is 1290. The van der Waals surface area contributed by atoms with Gasteiger partial charge in [-0.05, 0) is 92.9 Å². The molecule has 0 amide bonds.